The average Bonchev–Trinajstić information content (AvgIpc) is 2.16. The highest BCUT2D eigenvalue weighted by molar-refractivity contribution is 9.28. The van der Waals surface area contributed by atoms with Gasteiger partial charge in [0.05, 0.1) is 16.1 Å². The average molecular weight is 320 g/mol. The second-order valence-corrected chi connectivity index (χ2v) is 5.29. The van der Waals surface area contributed by atoms with Crippen LogP contribution in [0.4, 0.5) is 0 Å². The maximum absolute atomic E-state index is 11.3. The van der Waals surface area contributed by atoms with Gasteiger partial charge in [0.2, 0.25) is 0 Å². The van der Waals surface area contributed by atoms with Crippen molar-refractivity contribution in [2.45, 2.75) is 0 Å². The van der Waals surface area contributed by atoms with E-state index in [4.69, 9.17) is 0 Å². The molecule has 0 spiro atoms. The zero-order valence-corrected chi connectivity index (χ0v) is 10.6. The topological polar surface area (TPSA) is 26.3 Å². The number of hydrogen-bond donors (Lipinski definition) is 0. The first-order valence-electron chi connectivity index (χ1n) is 3.85. The molecule has 0 unspecified atom stereocenters. The lowest BCUT2D eigenvalue weighted by Crippen LogP contribution is -2.03. The lowest BCUT2D eigenvalue weighted by atomic mass is 10.1. The van der Waals surface area contributed by atoms with Crippen molar-refractivity contribution in [3.05, 3.63) is 38.8 Å². The van der Waals surface area contributed by atoms with E-state index in [-0.39, 0.29) is 5.97 Å². The Kier molecular flexibility index (Phi) is 4.35. The van der Waals surface area contributed by atoms with Gasteiger partial charge in [-0.05, 0) is 49.6 Å². The quantitative estimate of drug-likeness (QED) is 0.779. The van der Waals surface area contributed by atoms with Gasteiger partial charge in [-0.2, -0.15) is 0 Å². The molecule has 1 rings (SSSR count). The minimum Gasteiger partial charge on any atom is -0.465 e. The first-order chi connectivity index (χ1) is 6.65. The first kappa shape index (κ1) is 11.5. The Labute approximate surface area is 99.2 Å². The predicted octanol–water partition coefficient (Wildman–Crippen LogP) is 3.56. The van der Waals surface area contributed by atoms with E-state index in [0.29, 0.717) is 5.56 Å². The molecular formula is C10H8Br2O2. The number of methoxy groups -OCH3 is 1. The lowest BCUT2D eigenvalue weighted by Gasteiger charge is -2.02. The normalized spacial score (nSPS) is 9.36. The highest BCUT2D eigenvalue weighted by Gasteiger charge is 2.08. The summed E-state index contributed by atoms with van der Waals surface area (Å²) < 4.78 is 5.44. The number of rotatable bonds is 2. The summed E-state index contributed by atoms with van der Waals surface area (Å²) in [7, 11) is 1.37. The number of hydrogen-bond acceptors (Lipinski definition) is 2. The van der Waals surface area contributed by atoms with Crippen LogP contribution in [0.5, 0.6) is 0 Å². The van der Waals surface area contributed by atoms with E-state index in [1.165, 1.54) is 7.11 Å². The van der Waals surface area contributed by atoms with Gasteiger partial charge in [-0.3, -0.25) is 0 Å². The number of benzene rings is 1. The third-order valence-corrected chi connectivity index (χ3v) is 2.09. The first-order valence-corrected chi connectivity index (χ1v) is 5.44. The van der Waals surface area contributed by atoms with E-state index in [1.807, 2.05) is 12.1 Å². The van der Waals surface area contributed by atoms with Crippen LogP contribution in [0.3, 0.4) is 0 Å². The summed E-state index contributed by atoms with van der Waals surface area (Å²) in [5.74, 6) is -0.335. The molecule has 0 saturated heterocycles. The van der Waals surface area contributed by atoms with Crippen molar-refractivity contribution < 1.29 is 9.53 Å². The summed E-state index contributed by atoms with van der Waals surface area (Å²) in [5.41, 5.74) is 1.36. The van der Waals surface area contributed by atoms with Crippen LogP contribution in [0.25, 0.3) is 6.08 Å². The molecule has 0 aliphatic carbocycles. The maximum Gasteiger partial charge on any atom is 0.338 e. The van der Waals surface area contributed by atoms with E-state index in [2.05, 4.69) is 36.6 Å². The fourth-order valence-corrected chi connectivity index (χ4v) is 1.53. The summed E-state index contributed by atoms with van der Waals surface area (Å²) in [5, 5.41) is 0. The molecule has 0 radical (unpaired) electrons. The second kappa shape index (κ2) is 5.32. The lowest BCUT2D eigenvalue weighted by molar-refractivity contribution is 0.0600. The third-order valence-electron chi connectivity index (χ3n) is 1.63. The Morgan fingerprint density at radius 3 is 2.57 bits per heavy atom. The van der Waals surface area contributed by atoms with Gasteiger partial charge in [-0.25, -0.2) is 4.79 Å². The Morgan fingerprint density at radius 1 is 1.36 bits per heavy atom. The number of carbonyl (C=O) groups is 1. The van der Waals surface area contributed by atoms with E-state index < -0.39 is 0 Å². The monoisotopic (exact) mass is 318 g/mol. The summed E-state index contributed by atoms with van der Waals surface area (Å²) in [6, 6.07) is 7.22. The van der Waals surface area contributed by atoms with Crippen molar-refractivity contribution in [3.8, 4) is 0 Å². The molecule has 0 heterocycles. The van der Waals surface area contributed by atoms with Gasteiger partial charge < -0.3 is 4.74 Å². The van der Waals surface area contributed by atoms with Crippen molar-refractivity contribution in [2.24, 2.45) is 0 Å². The highest BCUT2D eigenvalue weighted by atomic mass is 79.9. The summed E-state index contributed by atoms with van der Waals surface area (Å²) in [6.07, 6.45) is 1.80. The van der Waals surface area contributed by atoms with Crippen LogP contribution in [-0.2, 0) is 4.74 Å². The molecule has 0 amide bonds. The van der Waals surface area contributed by atoms with Crippen LogP contribution in [0, 0.1) is 0 Å². The zero-order valence-electron chi connectivity index (χ0n) is 7.46. The Morgan fingerprint density at radius 2 is 2.00 bits per heavy atom. The maximum atomic E-state index is 11.3. The molecule has 0 saturated carbocycles. The molecule has 0 atom stereocenters. The van der Waals surface area contributed by atoms with Gasteiger partial charge in [0.1, 0.15) is 0 Å². The van der Waals surface area contributed by atoms with Crippen molar-refractivity contribution in [1.29, 1.82) is 0 Å². The molecule has 1 aromatic carbocycles. The summed E-state index contributed by atoms with van der Waals surface area (Å²) in [6.45, 7) is 0. The number of esters is 1. The highest BCUT2D eigenvalue weighted by Crippen LogP contribution is 2.20. The molecule has 2 nitrogen and oxygen atoms in total. The molecule has 14 heavy (non-hydrogen) atoms. The minimum absolute atomic E-state index is 0.335. The van der Waals surface area contributed by atoms with Crippen LogP contribution < -0.4 is 0 Å². The Bertz CT molecular complexity index is 368. The standard InChI is InChI=1S/C10H8Br2O2/c1-14-10(13)8-5-3-2-4-7(8)6-9(11)12/h2-6H,1H3. The fourth-order valence-electron chi connectivity index (χ4n) is 1.04. The Hall–Kier alpha value is -0.610. The molecule has 0 aliphatic rings. The zero-order chi connectivity index (χ0) is 10.6. The van der Waals surface area contributed by atoms with E-state index in [1.54, 1.807) is 18.2 Å². The van der Waals surface area contributed by atoms with Gasteiger partial charge in [-0.15, -0.1) is 0 Å². The van der Waals surface area contributed by atoms with Crippen LogP contribution in [0.1, 0.15) is 15.9 Å². The molecule has 74 valence electrons. The number of ether oxygens (including phenoxy) is 1. The molecule has 0 fully saturated rings. The van der Waals surface area contributed by atoms with Gasteiger partial charge in [0.25, 0.3) is 0 Å². The van der Waals surface area contributed by atoms with Crippen LogP contribution in [0.15, 0.2) is 27.7 Å². The largest absolute Gasteiger partial charge is 0.465 e. The number of carbonyl (C=O) groups excluding carboxylic acids is 1. The Balaban J connectivity index is 3.16. The smallest absolute Gasteiger partial charge is 0.338 e. The molecule has 1 aromatic rings. The minimum atomic E-state index is -0.335. The second-order valence-electron chi connectivity index (χ2n) is 2.51. The van der Waals surface area contributed by atoms with Gasteiger partial charge >= 0.3 is 5.97 Å². The molecule has 4 heteroatoms. The van der Waals surface area contributed by atoms with E-state index >= 15 is 0 Å². The molecular weight excluding hydrogens is 312 g/mol. The van der Waals surface area contributed by atoms with Crippen LogP contribution in [-0.4, -0.2) is 13.1 Å². The van der Waals surface area contributed by atoms with Crippen molar-refractivity contribution in [3.63, 3.8) is 0 Å². The SMILES string of the molecule is COC(=O)c1ccccc1C=C(Br)Br. The molecule has 0 aliphatic heterocycles. The number of halogens is 2. The molecule has 0 aromatic heterocycles. The van der Waals surface area contributed by atoms with Gasteiger partial charge in [-0.1, -0.05) is 18.2 Å². The predicted molar refractivity (Wildman–Crippen MR) is 63.6 cm³/mol. The van der Waals surface area contributed by atoms with Gasteiger partial charge in [0, 0.05) is 0 Å². The summed E-state index contributed by atoms with van der Waals surface area (Å²) >= 11 is 6.48. The fraction of sp³-hybridized carbons (Fsp3) is 0.100. The van der Waals surface area contributed by atoms with E-state index in [9.17, 15) is 4.79 Å². The van der Waals surface area contributed by atoms with E-state index in [0.717, 1.165) is 8.96 Å². The van der Waals surface area contributed by atoms with Crippen LogP contribution >= 0.6 is 31.9 Å². The molecule has 0 N–H and O–H groups in total. The van der Waals surface area contributed by atoms with Gasteiger partial charge in [0.15, 0.2) is 0 Å². The van der Waals surface area contributed by atoms with Crippen LogP contribution in [0.2, 0.25) is 0 Å². The molecule has 0 bridgehead atoms. The van der Waals surface area contributed by atoms with Crippen molar-refractivity contribution >= 4 is 43.9 Å². The van der Waals surface area contributed by atoms with Crippen molar-refractivity contribution in [1.82, 2.24) is 0 Å². The van der Waals surface area contributed by atoms with Crippen molar-refractivity contribution in [2.75, 3.05) is 7.11 Å². The summed E-state index contributed by atoms with van der Waals surface area (Å²) in [4.78, 5) is 11.3. The third kappa shape index (κ3) is 2.96.